The summed E-state index contributed by atoms with van der Waals surface area (Å²) in [5, 5.41) is 2.83. The van der Waals surface area contributed by atoms with Crippen LogP contribution in [0.4, 0.5) is 0 Å². The lowest BCUT2D eigenvalue weighted by Gasteiger charge is -2.18. The number of carbonyl (C=O) groups is 2. The molecule has 0 fully saturated rings. The van der Waals surface area contributed by atoms with Crippen molar-refractivity contribution in [3.8, 4) is 17.2 Å². The van der Waals surface area contributed by atoms with Crippen LogP contribution in [0.3, 0.4) is 0 Å². The van der Waals surface area contributed by atoms with Gasteiger partial charge >= 0.3 is 0 Å². The molecule has 0 aliphatic heterocycles. The largest absolute Gasteiger partial charge is 0.497 e. The van der Waals surface area contributed by atoms with Gasteiger partial charge in [-0.3, -0.25) is 9.59 Å². The topological polar surface area (TPSA) is 99.9 Å². The first-order valence-electron chi connectivity index (χ1n) is 7.99. The average Bonchev–Trinajstić information content (AvgIpc) is 2.65. The van der Waals surface area contributed by atoms with Gasteiger partial charge in [0.15, 0.2) is 6.61 Å². The van der Waals surface area contributed by atoms with E-state index in [2.05, 4.69) is 5.32 Å². The normalized spacial score (nSPS) is 11.3. The number of nitrogens with two attached hydrogens (primary N) is 1. The molecule has 7 nitrogen and oxygen atoms in total. The maximum Gasteiger partial charge on any atom is 0.258 e. The van der Waals surface area contributed by atoms with Crippen LogP contribution in [0.25, 0.3) is 0 Å². The number of primary amides is 1. The smallest absolute Gasteiger partial charge is 0.258 e. The molecule has 0 unspecified atom stereocenters. The SMILES string of the molecule is COc1ccc(C(N)=O)c(OCC(=O)N[C@@H](C)c2ccccc2OC)c1. The molecule has 2 amide bonds. The van der Waals surface area contributed by atoms with Crippen LogP contribution < -0.4 is 25.3 Å². The minimum absolute atomic E-state index is 0.177. The molecule has 0 bridgehead atoms. The minimum Gasteiger partial charge on any atom is -0.497 e. The van der Waals surface area contributed by atoms with Gasteiger partial charge in [0.1, 0.15) is 17.2 Å². The Hall–Kier alpha value is -3.22. The number of ether oxygens (including phenoxy) is 3. The van der Waals surface area contributed by atoms with Crippen LogP contribution in [0.15, 0.2) is 42.5 Å². The van der Waals surface area contributed by atoms with Crippen molar-refractivity contribution in [2.24, 2.45) is 5.73 Å². The zero-order valence-electron chi connectivity index (χ0n) is 14.9. The van der Waals surface area contributed by atoms with Crippen LogP contribution >= 0.6 is 0 Å². The van der Waals surface area contributed by atoms with E-state index in [1.54, 1.807) is 13.2 Å². The van der Waals surface area contributed by atoms with Gasteiger partial charge in [-0.2, -0.15) is 0 Å². The molecule has 0 heterocycles. The second kappa shape index (κ2) is 8.75. The summed E-state index contributed by atoms with van der Waals surface area (Å²) in [6.45, 7) is 1.57. The molecule has 2 aromatic carbocycles. The fourth-order valence-corrected chi connectivity index (χ4v) is 2.48. The highest BCUT2D eigenvalue weighted by molar-refractivity contribution is 5.96. The minimum atomic E-state index is -0.648. The Morgan fingerprint density at radius 1 is 1.08 bits per heavy atom. The highest BCUT2D eigenvalue weighted by atomic mass is 16.5. The number of methoxy groups -OCH3 is 2. The van der Waals surface area contributed by atoms with Gasteiger partial charge in [0.05, 0.1) is 25.8 Å². The van der Waals surface area contributed by atoms with E-state index in [0.717, 1.165) is 5.56 Å². The molecule has 2 aromatic rings. The number of para-hydroxylation sites is 1. The number of rotatable bonds is 8. The Balaban J connectivity index is 2.04. The van der Waals surface area contributed by atoms with Gasteiger partial charge < -0.3 is 25.3 Å². The van der Waals surface area contributed by atoms with E-state index in [1.165, 1.54) is 19.2 Å². The highest BCUT2D eigenvalue weighted by Crippen LogP contribution is 2.25. The summed E-state index contributed by atoms with van der Waals surface area (Å²) in [6.07, 6.45) is 0. The second-order valence-electron chi connectivity index (χ2n) is 5.55. The number of hydrogen-bond acceptors (Lipinski definition) is 5. The molecule has 0 saturated carbocycles. The molecule has 1 atom stereocenters. The molecule has 0 spiro atoms. The van der Waals surface area contributed by atoms with Crippen LogP contribution in [0, 0.1) is 0 Å². The molecule has 26 heavy (non-hydrogen) atoms. The third-order valence-electron chi connectivity index (χ3n) is 3.80. The zero-order chi connectivity index (χ0) is 19.1. The summed E-state index contributed by atoms with van der Waals surface area (Å²) >= 11 is 0. The van der Waals surface area contributed by atoms with Gasteiger partial charge in [0.2, 0.25) is 0 Å². The van der Waals surface area contributed by atoms with E-state index in [0.29, 0.717) is 11.5 Å². The average molecular weight is 358 g/mol. The van der Waals surface area contributed by atoms with Crippen molar-refractivity contribution in [3.05, 3.63) is 53.6 Å². The Bertz CT molecular complexity index is 791. The summed E-state index contributed by atoms with van der Waals surface area (Å²) in [4.78, 5) is 23.7. The van der Waals surface area contributed by atoms with E-state index < -0.39 is 5.91 Å². The lowest BCUT2D eigenvalue weighted by Crippen LogP contribution is -2.31. The van der Waals surface area contributed by atoms with Crippen molar-refractivity contribution < 1.29 is 23.8 Å². The predicted octanol–water partition coefficient (Wildman–Crippen LogP) is 2.06. The van der Waals surface area contributed by atoms with Gasteiger partial charge in [0.25, 0.3) is 11.8 Å². The molecule has 0 aliphatic carbocycles. The van der Waals surface area contributed by atoms with Gasteiger partial charge in [-0.15, -0.1) is 0 Å². The first-order chi connectivity index (χ1) is 12.5. The molecule has 2 rings (SSSR count). The molecular weight excluding hydrogens is 336 g/mol. The summed E-state index contributed by atoms with van der Waals surface area (Å²) in [5.74, 6) is 0.377. The Kier molecular flexibility index (Phi) is 6.43. The molecular formula is C19H22N2O5. The quantitative estimate of drug-likeness (QED) is 0.752. The first kappa shape index (κ1) is 19.1. The van der Waals surface area contributed by atoms with Crippen molar-refractivity contribution in [3.63, 3.8) is 0 Å². The van der Waals surface area contributed by atoms with Gasteiger partial charge in [-0.1, -0.05) is 18.2 Å². The van der Waals surface area contributed by atoms with E-state index in [4.69, 9.17) is 19.9 Å². The van der Waals surface area contributed by atoms with Crippen LogP contribution in [0.5, 0.6) is 17.2 Å². The lowest BCUT2D eigenvalue weighted by atomic mass is 10.1. The first-order valence-corrected chi connectivity index (χ1v) is 7.99. The van der Waals surface area contributed by atoms with Gasteiger partial charge in [0, 0.05) is 11.6 Å². The van der Waals surface area contributed by atoms with Gasteiger partial charge in [-0.05, 0) is 25.1 Å². The van der Waals surface area contributed by atoms with Crippen molar-refractivity contribution in [1.29, 1.82) is 0 Å². The maximum atomic E-state index is 12.2. The Labute approximate surface area is 152 Å². The molecule has 0 aliphatic rings. The van der Waals surface area contributed by atoms with Crippen LogP contribution in [0.2, 0.25) is 0 Å². The summed E-state index contributed by atoms with van der Waals surface area (Å²) in [6, 6.07) is 11.7. The Morgan fingerprint density at radius 3 is 2.46 bits per heavy atom. The monoisotopic (exact) mass is 358 g/mol. The molecule has 0 radical (unpaired) electrons. The van der Waals surface area contributed by atoms with Gasteiger partial charge in [-0.25, -0.2) is 0 Å². The van der Waals surface area contributed by atoms with Crippen LogP contribution in [-0.2, 0) is 4.79 Å². The number of benzene rings is 2. The van der Waals surface area contributed by atoms with E-state index in [1.807, 2.05) is 31.2 Å². The maximum absolute atomic E-state index is 12.2. The lowest BCUT2D eigenvalue weighted by molar-refractivity contribution is -0.123. The van der Waals surface area contributed by atoms with E-state index in [-0.39, 0.29) is 29.9 Å². The van der Waals surface area contributed by atoms with Crippen LogP contribution in [0.1, 0.15) is 28.9 Å². The summed E-state index contributed by atoms with van der Waals surface area (Å²) < 4.78 is 15.9. The third-order valence-corrected chi connectivity index (χ3v) is 3.80. The van der Waals surface area contributed by atoms with E-state index >= 15 is 0 Å². The van der Waals surface area contributed by atoms with Crippen molar-refractivity contribution in [2.75, 3.05) is 20.8 Å². The molecule has 0 aromatic heterocycles. The standard InChI is InChI=1S/C19H22N2O5/c1-12(14-6-4-5-7-16(14)25-3)21-18(22)11-26-17-10-13(24-2)8-9-15(17)19(20)23/h4-10,12H,11H2,1-3H3,(H2,20,23)(H,21,22)/t12-/m0/s1. The molecule has 0 saturated heterocycles. The number of amides is 2. The third kappa shape index (κ3) is 4.66. The predicted molar refractivity (Wildman–Crippen MR) is 96.6 cm³/mol. The summed E-state index contributed by atoms with van der Waals surface area (Å²) in [7, 11) is 3.06. The second-order valence-corrected chi connectivity index (χ2v) is 5.55. The number of nitrogens with one attached hydrogen (secondary N) is 1. The fourth-order valence-electron chi connectivity index (χ4n) is 2.48. The molecule has 138 valence electrons. The van der Waals surface area contributed by atoms with Crippen molar-refractivity contribution in [1.82, 2.24) is 5.32 Å². The highest BCUT2D eigenvalue weighted by Gasteiger charge is 2.16. The van der Waals surface area contributed by atoms with Crippen molar-refractivity contribution in [2.45, 2.75) is 13.0 Å². The Morgan fingerprint density at radius 2 is 1.81 bits per heavy atom. The van der Waals surface area contributed by atoms with E-state index in [9.17, 15) is 9.59 Å². The zero-order valence-corrected chi connectivity index (χ0v) is 14.9. The summed E-state index contributed by atoms with van der Waals surface area (Å²) in [5.41, 5.74) is 6.35. The number of carbonyl (C=O) groups excluding carboxylic acids is 2. The molecule has 3 N–H and O–H groups in total. The van der Waals surface area contributed by atoms with Crippen LogP contribution in [-0.4, -0.2) is 32.6 Å². The number of hydrogen-bond donors (Lipinski definition) is 2. The molecule has 7 heteroatoms. The van der Waals surface area contributed by atoms with Crippen molar-refractivity contribution >= 4 is 11.8 Å². The fraction of sp³-hybridized carbons (Fsp3) is 0.263.